The summed E-state index contributed by atoms with van der Waals surface area (Å²) in [6.45, 7) is 4.42. The van der Waals surface area contributed by atoms with Crippen LogP contribution in [0.25, 0.3) is 0 Å². The van der Waals surface area contributed by atoms with Gasteiger partial charge in [-0.2, -0.15) is 0 Å². The molecule has 0 aromatic heterocycles. The van der Waals surface area contributed by atoms with E-state index in [9.17, 15) is 0 Å². The smallest absolute Gasteiger partial charge is 0.0240 e. The summed E-state index contributed by atoms with van der Waals surface area (Å²) in [4.78, 5) is 2.52. The van der Waals surface area contributed by atoms with Crippen LogP contribution in [0, 0.1) is 0 Å². The van der Waals surface area contributed by atoms with E-state index in [-0.39, 0.29) is 0 Å². The van der Waals surface area contributed by atoms with Crippen molar-refractivity contribution in [3.8, 4) is 0 Å². The van der Waals surface area contributed by atoms with Gasteiger partial charge in [0.2, 0.25) is 0 Å². The fourth-order valence-electron chi connectivity index (χ4n) is 2.50. The van der Waals surface area contributed by atoms with E-state index in [2.05, 4.69) is 46.6 Å². The van der Waals surface area contributed by atoms with E-state index in [4.69, 9.17) is 0 Å². The lowest BCUT2D eigenvalue weighted by atomic mass is 10.1. The standard InChI is InChI=1S/C16H22N2/c1-4-10-18(11-5-1)13-15-7-3-2-6-14(15)12-17-16-8-9-16/h1-4,6-7,16-17H,5,8-13H2. The maximum absolute atomic E-state index is 3.62. The number of hydrogen-bond acceptors (Lipinski definition) is 2. The first-order valence-corrected chi connectivity index (χ1v) is 7.09. The van der Waals surface area contributed by atoms with Crippen LogP contribution in [0.3, 0.4) is 0 Å². The number of benzene rings is 1. The molecule has 1 aliphatic heterocycles. The van der Waals surface area contributed by atoms with Gasteiger partial charge in [0.05, 0.1) is 0 Å². The second kappa shape index (κ2) is 5.68. The largest absolute Gasteiger partial charge is 0.310 e. The molecule has 3 rings (SSSR count). The third-order valence-corrected chi connectivity index (χ3v) is 3.81. The predicted octanol–water partition coefficient (Wildman–Crippen LogP) is 2.70. The fourth-order valence-corrected chi connectivity index (χ4v) is 2.50. The van der Waals surface area contributed by atoms with Crippen LogP contribution in [0.5, 0.6) is 0 Å². The van der Waals surface area contributed by atoms with Crippen molar-refractivity contribution < 1.29 is 0 Å². The van der Waals surface area contributed by atoms with Crippen LogP contribution in [0.1, 0.15) is 30.4 Å². The van der Waals surface area contributed by atoms with Gasteiger partial charge in [0.25, 0.3) is 0 Å². The molecule has 0 spiro atoms. The first-order valence-electron chi connectivity index (χ1n) is 7.09. The van der Waals surface area contributed by atoms with E-state index < -0.39 is 0 Å². The molecule has 2 heteroatoms. The molecule has 0 amide bonds. The molecular formula is C16H22N2. The van der Waals surface area contributed by atoms with E-state index in [1.807, 2.05) is 0 Å². The number of nitrogens with zero attached hydrogens (tertiary/aromatic N) is 1. The molecule has 1 aliphatic carbocycles. The Kier molecular flexibility index (Phi) is 3.77. The minimum atomic E-state index is 0.788. The number of rotatable bonds is 5. The summed E-state index contributed by atoms with van der Waals surface area (Å²) < 4.78 is 0. The van der Waals surface area contributed by atoms with Crippen molar-refractivity contribution in [3.63, 3.8) is 0 Å². The molecule has 0 saturated heterocycles. The lowest BCUT2D eigenvalue weighted by Crippen LogP contribution is -2.27. The van der Waals surface area contributed by atoms with Crippen LogP contribution in [0.4, 0.5) is 0 Å². The maximum Gasteiger partial charge on any atom is 0.0240 e. The van der Waals surface area contributed by atoms with Crippen LogP contribution < -0.4 is 5.32 Å². The van der Waals surface area contributed by atoms with Crippen molar-refractivity contribution in [3.05, 3.63) is 47.5 Å². The Hall–Kier alpha value is -1.12. The van der Waals surface area contributed by atoms with Crippen LogP contribution in [-0.4, -0.2) is 24.0 Å². The van der Waals surface area contributed by atoms with Crippen LogP contribution in [-0.2, 0) is 13.1 Å². The fraction of sp³-hybridized carbons (Fsp3) is 0.500. The Bertz CT molecular complexity index is 421. The summed E-state index contributed by atoms with van der Waals surface area (Å²) in [7, 11) is 0. The molecule has 2 nitrogen and oxygen atoms in total. The van der Waals surface area contributed by atoms with Gasteiger partial charge < -0.3 is 5.32 Å². The maximum atomic E-state index is 3.62. The predicted molar refractivity (Wildman–Crippen MR) is 75.3 cm³/mol. The molecule has 1 aromatic rings. The van der Waals surface area contributed by atoms with E-state index in [0.29, 0.717) is 0 Å². The van der Waals surface area contributed by atoms with E-state index >= 15 is 0 Å². The highest BCUT2D eigenvalue weighted by Gasteiger charge is 2.20. The molecule has 1 fully saturated rings. The van der Waals surface area contributed by atoms with Crippen molar-refractivity contribution >= 4 is 0 Å². The van der Waals surface area contributed by atoms with Gasteiger partial charge in [-0.15, -0.1) is 0 Å². The highest BCUT2D eigenvalue weighted by atomic mass is 15.1. The van der Waals surface area contributed by atoms with Crippen LogP contribution in [0.15, 0.2) is 36.4 Å². The molecule has 96 valence electrons. The Balaban J connectivity index is 1.63. The quantitative estimate of drug-likeness (QED) is 0.799. The average molecular weight is 242 g/mol. The molecule has 1 heterocycles. The normalized spacial score (nSPS) is 20.2. The second-order valence-electron chi connectivity index (χ2n) is 5.42. The summed E-state index contributed by atoms with van der Waals surface area (Å²) >= 11 is 0. The highest BCUT2D eigenvalue weighted by molar-refractivity contribution is 5.27. The third-order valence-electron chi connectivity index (χ3n) is 3.81. The van der Waals surface area contributed by atoms with E-state index in [0.717, 1.165) is 25.7 Å². The SMILES string of the molecule is C1=CCN(Cc2ccccc2CNC2CC2)CC1. The van der Waals surface area contributed by atoms with Crippen molar-refractivity contribution in [2.24, 2.45) is 0 Å². The van der Waals surface area contributed by atoms with Gasteiger partial charge in [-0.3, -0.25) is 4.90 Å². The highest BCUT2D eigenvalue weighted by Crippen LogP contribution is 2.20. The molecule has 1 N–H and O–H groups in total. The van der Waals surface area contributed by atoms with Crippen molar-refractivity contribution in [2.45, 2.75) is 38.4 Å². The molecule has 18 heavy (non-hydrogen) atoms. The number of hydrogen-bond donors (Lipinski definition) is 1. The molecule has 1 aromatic carbocycles. The van der Waals surface area contributed by atoms with Gasteiger partial charge in [0.1, 0.15) is 0 Å². The van der Waals surface area contributed by atoms with Crippen LogP contribution >= 0.6 is 0 Å². The lowest BCUT2D eigenvalue weighted by molar-refractivity contribution is 0.289. The number of nitrogens with one attached hydrogen (secondary N) is 1. The first-order chi connectivity index (χ1) is 8.92. The van der Waals surface area contributed by atoms with Gasteiger partial charge in [0.15, 0.2) is 0 Å². The third kappa shape index (κ3) is 3.21. The van der Waals surface area contributed by atoms with Crippen molar-refractivity contribution in [1.29, 1.82) is 0 Å². The molecule has 0 atom stereocenters. The topological polar surface area (TPSA) is 15.3 Å². The average Bonchev–Trinajstić information content (AvgIpc) is 3.23. The Morgan fingerprint density at radius 2 is 1.94 bits per heavy atom. The minimum Gasteiger partial charge on any atom is -0.310 e. The summed E-state index contributed by atoms with van der Waals surface area (Å²) in [6, 6.07) is 9.65. The molecule has 2 aliphatic rings. The monoisotopic (exact) mass is 242 g/mol. The Morgan fingerprint density at radius 1 is 1.11 bits per heavy atom. The molecule has 0 unspecified atom stereocenters. The summed E-state index contributed by atoms with van der Waals surface area (Å²) in [5.74, 6) is 0. The zero-order valence-corrected chi connectivity index (χ0v) is 10.9. The zero-order valence-electron chi connectivity index (χ0n) is 10.9. The van der Waals surface area contributed by atoms with Gasteiger partial charge in [-0.05, 0) is 30.4 Å². The molecule has 1 saturated carbocycles. The summed E-state index contributed by atoms with van der Waals surface area (Å²) in [5.41, 5.74) is 2.96. The van der Waals surface area contributed by atoms with Crippen molar-refractivity contribution in [2.75, 3.05) is 13.1 Å². The van der Waals surface area contributed by atoms with Gasteiger partial charge in [0, 0.05) is 32.2 Å². The van der Waals surface area contributed by atoms with E-state index in [1.54, 1.807) is 0 Å². The zero-order chi connectivity index (χ0) is 12.2. The van der Waals surface area contributed by atoms with Gasteiger partial charge >= 0.3 is 0 Å². The second-order valence-corrected chi connectivity index (χ2v) is 5.42. The van der Waals surface area contributed by atoms with Gasteiger partial charge in [-0.25, -0.2) is 0 Å². The molecule has 0 bridgehead atoms. The molecular weight excluding hydrogens is 220 g/mol. The molecule has 0 radical (unpaired) electrons. The minimum absolute atomic E-state index is 0.788. The van der Waals surface area contributed by atoms with E-state index in [1.165, 1.54) is 36.9 Å². The van der Waals surface area contributed by atoms with Crippen LogP contribution in [0.2, 0.25) is 0 Å². The Morgan fingerprint density at radius 3 is 2.67 bits per heavy atom. The lowest BCUT2D eigenvalue weighted by Gasteiger charge is -2.24. The Labute approximate surface area is 110 Å². The summed E-state index contributed by atoms with van der Waals surface area (Å²) in [6.07, 6.45) is 8.49. The van der Waals surface area contributed by atoms with Gasteiger partial charge in [-0.1, -0.05) is 36.4 Å². The van der Waals surface area contributed by atoms with Crippen molar-refractivity contribution in [1.82, 2.24) is 10.2 Å². The summed E-state index contributed by atoms with van der Waals surface area (Å²) in [5, 5.41) is 3.62. The first kappa shape index (κ1) is 11.9.